The Morgan fingerprint density at radius 3 is 2.85 bits per heavy atom. The van der Waals surface area contributed by atoms with Crippen LogP contribution in [-0.2, 0) is 19.5 Å². The van der Waals surface area contributed by atoms with Crippen LogP contribution >= 0.6 is 23.2 Å². The molecule has 6 heteroatoms. The van der Waals surface area contributed by atoms with Crippen LogP contribution in [0.4, 0.5) is 0 Å². The minimum absolute atomic E-state index is 0.596. The summed E-state index contributed by atoms with van der Waals surface area (Å²) in [6.07, 6.45) is 5.46. The number of benzene rings is 1. The summed E-state index contributed by atoms with van der Waals surface area (Å²) in [5.41, 5.74) is 3.31. The third kappa shape index (κ3) is 3.62. The van der Waals surface area contributed by atoms with Gasteiger partial charge in [-0.05, 0) is 43.2 Å². The monoisotopic (exact) mass is 399 g/mol. The molecule has 0 amide bonds. The van der Waals surface area contributed by atoms with E-state index in [1.165, 1.54) is 24.1 Å². The van der Waals surface area contributed by atoms with E-state index in [1.807, 2.05) is 30.5 Å². The van der Waals surface area contributed by atoms with E-state index < -0.39 is 0 Å². The predicted octanol–water partition coefficient (Wildman–Crippen LogP) is 5.48. The molecule has 4 nitrogen and oxygen atoms in total. The summed E-state index contributed by atoms with van der Waals surface area (Å²) < 4.78 is 6.04. The van der Waals surface area contributed by atoms with E-state index >= 15 is 0 Å². The van der Waals surface area contributed by atoms with Crippen LogP contribution in [0.5, 0.6) is 0 Å². The molecule has 3 heterocycles. The quantitative estimate of drug-likeness (QED) is 0.582. The maximum Gasteiger partial charge on any atom is 0.135 e. The highest BCUT2D eigenvalue weighted by Crippen LogP contribution is 2.38. The third-order valence-corrected chi connectivity index (χ3v) is 5.76. The molecule has 1 fully saturated rings. The summed E-state index contributed by atoms with van der Waals surface area (Å²) in [5, 5.41) is 1.22. The molecule has 138 valence electrons. The average molecular weight is 400 g/mol. The van der Waals surface area contributed by atoms with Crippen LogP contribution < -0.4 is 0 Å². The van der Waals surface area contributed by atoms with Crippen LogP contribution in [0.15, 0.2) is 40.9 Å². The second kappa shape index (κ2) is 6.93. The lowest BCUT2D eigenvalue weighted by molar-refractivity contribution is 0.224. The van der Waals surface area contributed by atoms with Gasteiger partial charge in [0.05, 0.1) is 11.6 Å². The van der Waals surface area contributed by atoms with Crippen molar-refractivity contribution in [2.75, 3.05) is 6.54 Å². The molecule has 1 saturated carbocycles. The lowest BCUT2D eigenvalue weighted by Crippen LogP contribution is -2.31. The zero-order chi connectivity index (χ0) is 18.4. The fraction of sp³-hybridized carbons (Fsp3) is 0.333. The zero-order valence-electron chi connectivity index (χ0n) is 14.8. The van der Waals surface area contributed by atoms with Crippen molar-refractivity contribution in [2.45, 2.75) is 38.3 Å². The Balaban J connectivity index is 1.29. The van der Waals surface area contributed by atoms with Crippen molar-refractivity contribution in [1.82, 2.24) is 14.9 Å². The molecule has 1 aliphatic heterocycles. The molecular weight excluding hydrogens is 381 g/mol. The Kier molecular flexibility index (Phi) is 4.43. The van der Waals surface area contributed by atoms with Crippen molar-refractivity contribution in [3.05, 3.63) is 69.4 Å². The predicted molar refractivity (Wildman–Crippen MR) is 106 cm³/mol. The number of furan rings is 1. The van der Waals surface area contributed by atoms with Crippen molar-refractivity contribution < 1.29 is 4.42 Å². The van der Waals surface area contributed by atoms with E-state index in [0.717, 1.165) is 49.0 Å². The van der Waals surface area contributed by atoms with Gasteiger partial charge in [-0.1, -0.05) is 23.2 Å². The standard InChI is InChI=1S/C21H19Cl2N3O/c22-15-3-5-17(18(23)9-15)20-6-4-16(27-20)12-26-8-7-19-14(11-26)10-24-21(25-19)13-1-2-13/h3-6,9-10,13H,1-2,7-8,11-12H2. The molecule has 0 radical (unpaired) electrons. The lowest BCUT2D eigenvalue weighted by atomic mass is 10.1. The maximum absolute atomic E-state index is 6.29. The van der Waals surface area contributed by atoms with Gasteiger partial charge >= 0.3 is 0 Å². The van der Waals surface area contributed by atoms with Gasteiger partial charge in [0, 0.05) is 53.5 Å². The van der Waals surface area contributed by atoms with Crippen LogP contribution in [0.1, 0.15) is 41.6 Å². The minimum Gasteiger partial charge on any atom is -0.460 e. The number of halogens is 2. The van der Waals surface area contributed by atoms with Gasteiger partial charge in [-0.25, -0.2) is 9.97 Å². The second-order valence-corrected chi connectivity index (χ2v) is 8.17. The molecule has 27 heavy (non-hydrogen) atoms. The maximum atomic E-state index is 6.29. The third-order valence-electron chi connectivity index (χ3n) is 5.21. The number of aromatic nitrogens is 2. The number of hydrogen-bond donors (Lipinski definition) is 0. The van der Waals surface area contributed by atoms with Gasteiger partial charge in [0.1, 0.15) is 17.3 Å². The number of rotatable bonds is 4. The molecule has 0 bridgehead atoms. The van der Waals surface area contributed by atoms with Crippen LogP contribution in [0.3, 0.4) is 0 Å². The number of fused-ring (bicyclic) bond motifs is 1. The first-order chi connectivity index (χ1) is 13.2. The number of nitrogens with zero attached hydrogens (tertiary/aromatic N) is 3. The Morgan fingerprint density at radius 1 is 1.15 bits per heavy atom. The SMILES string of the molecule is Clc1ccc(-c2ccc(CN3CCc4nc(C5CC5)ncc4C3)o2)c(Cl)c1. The lowest BCUT2D eigenvalue weighted by Gasteiger charge is -2.27. The largest absolute Gasteiger partial charge is 0.460 e. The minimum atomic E-state index is 0.596. The Hall–Kier alpha value is -1.88. The fourth-order valence-corrected chi connectivity index (χ4v) is 4.08. The van der Waals surface area contributed by atoms with E-state index in [4.69, 9.17) is 32.6 Å². The highest BCUT2D eigenvalue weighted by molar-refractivity contribution is 6.36. The van der Waals surface area contributed by atoms with Gasteiger partial charge in [0.15, 0.2) is 0 Å². The fourth-order valence-electron chi connectivity index (χ4n) is 3.58. The molecule has 5 rings (SSSR count). The molecular formula is C21H19Cl2N3O. The molecule has 0 saturated heterocycles. The van der Waals surface area contributed by atoms with E-state index in [0.29, 0.717) is 16.0 Å². The summed E-state index contributed by atoms with van der Waals surface area (Å²) in [6.45, 7) is 2.60. The zero-order valence-corrected chi connectivity index (χ0v) is 16.3. The average Bonchev–Trinajstić information content (AvgIpc) is 3.41. The van der Waals surface area contributed by atoms with E-state index in [9.17, 15) is 0 Å². The molecule has 1 aromatic carbocycles. The van der Waals surface area contributed by atoms with Crippen molar-refractivity contribution in [2.24, 2.45) is 0 Å². The van der Waals surface area contributed by atoms with Crippen molar-refractivity contribution >= 4 is 23.2 Å². The van der Waals surface area contributed by atoms with Crippen LogP contribution in [-0.4, -0.2) is 21.4 Å². The first kappa shape index (κ1) is 17.2. The number of hydrogen-bond acceptors (Lipinski definition) is 4. The van der Waals surface area contributed by atoms with Gasteiger partial charge in [-0.2, -0.15) is 0 Å². The normalized spacial score (nSPS) is 17.1. The highest BCUT2D eigenvalue weighted by Gasteiger charge is 2.28. The molecule has 0 unspecified atom stereocenters. The molecule has 0 spiro atoms. The van der Waals surface area contributed by atoms with Crippen LogP contribution in [0.2, 0.25) is 10.0 Å². The highest BCUT2D eigenvalue weighted by atomic mass is 35.5. The first-order valence-corrected chi connectivity index (χ1v) is 10.0. The summed E-state index contributed by atoms with van der Waals surface area (Å²) in [4.78, 5) is 11.7. The van der Waals surface area contributed by atoms with Gasteiger partial charge in [-0.15, -0.1) is 0 Å². The molecule has 2 aliphatic rings. The summed E-state index contributed by atoms with van der Waals surface area (Å²) in [5.74, 6) is 3.34. The topological polar surface area (TPSA) is 42.2 Å². The summed E-state index contributed by atoms with van der Waals surface area (Å²) in [7, 11) is 0. The Morgan fingerprint density at radius 2 is 2.04 bits per heavy atom. The molecule has 0 atom stereocenters. The second-order valence-electron chi connectivity index (χ2n) is 7.33. The van der Waals surface area contributed by atoms with E-state index in [1.54, 1.807) is 6.07 Å². The van der Waals surface area contributed by atoms with Crippen LogP contribution in [0, 0.1) is 0 Å². The van der Waals surface area contributed by atoms with Crippen molar-refractivity contribution in [3.63, 3.8) is 0 Å². The first-order valence-electron chi connectivity index (χ1n) is 9.27. The van der Waals surface area contributed by atoms with Gasteiger partial charge in [-0.3, -0.25) is 4.90 Å². The van der Waals surface area contributed by atoms with Gasteiger partial charge in [0.25, 0.3) is 0 Å². The van der Waals surface area contributed by atoms with Crippen molar-refractivity contribution in [1.29, 1.82) is 0 Å². The van der Waals surface area contributed by atoms with Crippen LogP contribution in [0.25, 0.3) is 11.3 Å². The molecule has 3 aromatic rings. The summed E-state index contributed by atoms with van der Waals surface area (Å²) in [6, 6.07) is 9.43. The Labute approximate surface area is 168 Å². The van der Waals surface area contributed by atoms with E-state index in [2.05, 4.69) is 9.88 Å². The van der Waals surface area contributed by atoms with Crippen molar-refractivity contribution in [3.8, 4) is 11.3 Å². The van der Waals surface area contributed by atoms with Gasteiger partial charge in [0.2, 0.25) is 0 Å². The summed E-state index contributed by atoms with van der Waals surface area (Å²) >= 11 is 12.3. The van der Waals surface area contributed by atoms with E-state index in [-0.39, 0.29) is 0 Å². The van der Waals surface area contributed by atoms with Gasteiger partial charge < -0.3 is 4.42 Å². The molecule has 0 N–H and O–H groups in total. The Bertz CT molecular complexity index is 997. The molecule has 2 aromatic heterocycles. The smallest absolute Gasteiger partial charge is 0.135 e. The molecule has 1 aliphatic carbocycles.